The standard InChI is InChI=1S/C18H28N2O/c1-4-16-11-20(14(3)7-8-19-16)12-17-10-15-9-13(2)5-6-18(15)21-17/h5-6,9,14,16-17,19H,4,7-8,10-12H2,1-3H3. The first-order valence-corrected chi connectivity index (χ1v) is 8.39. The number of nitrogens with one attached hydrogen (secondary N) is 1. The van der Waals surface area contributed by atoms with Crippen LogP contribution in [0.25, 0.3) is 0 Å². The molecule has 3 atom stereocenters. The predicted molar refractivity (Wildman–Crippen MR) is 87.0 cm³/mol. The van der Waals surface area contributed by atoms with Gasteiger partial charge in [-0.1, -0.05) is 24.6 Å². The first-order chi connectivity index (χ1) is 10.2. The quantitative estimate of drug-likeness (QED) is 0.925. The van der Waals surface area contributed by atoms with Gasteiger partial charge in [0, 0.05) is 31.6 Å². The molecular formula is C18H28N2O. The Bertz CT molecular complexity index is 488. The zero-order chi connectivity index (χ0) is 14.8. The Morgan fingerprint density at radius 2 is 2.24 bits per heavy atom. The molecule has 116 valence electrons. The van der Waals surface area contributed by atoms with Crippen LogP contribution in [0.2, 0.25) is 0 Å². The maximum Gasteiger partial charge on any atom is 0.123 e. The Balaban J connectivity index is 1.64. The second-order valence-electron chi connectivity index (χ2n) is 6.71. The highest BCUT2D eigenvalue weighted by atomic mass is 16.5. The molecule has 3 rings (SSSR count). The van der Waals surface area contributed by atoms with Crippen molar-refractivity contribution in [1.29, 1.82) is 0 Å². The van der Waals surface area contributed by atoms with Crippen LogP contribution in [0.1, 0.15) is 37.8 Å². The minimum absolute atomic E-state index is 0.319. The fourth-order valence-corrected chi connectivity index (χ4v) is 3.55. The Morgan fingerprint density at radius 1 is 1.38 bits per heavy atom. The van der Waals surface area contributed by atoms with Crippen molar-refractivity contribution in [3.05, 3.63) is 29.3 Å². The third-order valence-electron chi connectivity index (χ3n) is 4.96. The van der Waals surface area contributed by atoms with Gasteiger partial charge < -0.3 is 10.1 Å². The van der Waals surface area contributed by atoms with Crippen LogP contribution >= 0.6 is 0 Å². The monoisotopic (exact) mass is 288 g/mol. The summed E-state index contributed by atoms with van der Waals surface area (Å²) in [6.45, 7) is 10.1. The number of rotatable bonds is 3. The molecule has 3 nitrogen and oxygen atoms in total. The molecule has 2 aliphatic rings. The summed E-state index contributed by atoms with van der Waals surface area (Å²) in [5.74, 6) is 1.10. The highest BCUT2D eigenvalue weighted by molar-refractivity contribution is 5.40. The van der Waals surface area contributed by atoms with E-state index in [1.165, 1.54) is 24.0 Å². The third-order valence-corrected chi connectivity index (χ3v) is 4.96. The van der Waals surface area contributed by atoms with Gasteiger partial charge >= 0.3 is 0 Å². The van der Waals surface area contributed by atoms with Gasteiger partial charge in [0.05, 0.1) is 0 Å². The van der Waals surface area contributed by atoms with Gasteiger partial charge in [-0.25, -0.2) is 0 Å². The van der Waals surface area contributed by atoms with Crippen molar-refractivity contribution in [2.24, 2.45) is 0 Å². The van der Waals surface area contributed by atoms with E-state index in [4.69, 9.17) is 4.74 Å². The molecule has 3 unspecified atom stereocenters. The SMILES string of the molecule is CCC1CN(CC2Cc3cc(C)ccc3O2)C(C)CCN1. The van der Waals surface area contributed by atoms with Gasteiger partial charge in [-0.15, -0.1) is 0 Å². The minimum atomic E-state index is 0.319. The fraction of sp³-hybridized carbons (Fsp3) is 0.667. The second kappa shape index (κ2) is 6.37. The fourth-order valence-electron chi connectivity index (χ4n) is 3.55. The summed E-state index contributed by atoms with van der Waals surface area (Å²) in [6, 6.07) is 7.82. The van der Waals surface area contributed by atoms with Crippen LogP contribution in [0, 0.1) is 6.92 Å². The molecule has 2 aliphatic heterocycles. The molecule has 0 bridgehead atoms. The normalized spacial score (nSPS) is 29.8. The van der Waals surface area contributed by atoms with Crippen LogP contribution in [-0.2, 0) is 6.42 Å². The van der Waals surface area contributed by atoms with Gasteiger partial charge in [-0.05, 0) is 44.9 Å². The first kappa shape index (κ1) is 14.9. The lowest BCUT2D eigenvalue weighted by atomic mass is 10.1. The van der Waals surface area contributed by atoms with Gasteiger partial charge in [-0.2, -0.15) is 0 Å². The Kier molecular flexibility index (Phi) is 4.51. The van der Waals surface area contributed by atoms with Crippen molar-refractivity contribution in [2.75, 3.05) is 19.6 Å². The molecule has 1 saturated heterocycles. The molecule has 0 amide bonds. The Hall–Kier alpha value is -1.06. The number of nitrogens with zero attached hydrogens (tertiary/aromatic N) is 1. The van der Waals surface area contributed by atoms with E-state index in [2.05, 4.69) is 49.2 Å². The van der Waals surface area contributed by atoms with Crippen molar-refractivity contribution in [3.63, 3.8) is 0 Å². The van der Waals surface area contributed by atoms with Crippen molar-refractivity contribution < 1.29 is 4.74 Å². The average Bonchev–Trinajstić information content (AvgIpc) is 2.77. The minimum Gasteiger partial charge on any atom is -0.488 e. The number of fused-ring (bicyclic) bond motifs is 1. The third kappa shape index (κ3) is 3.41. The highest BCUT2D eigenvalue weighted by Crippen LogP contribution is 2.30. The van der Waals surface area contributed by atoms with Crippen LogP contribution in [0.5, 0.6) is 5.75 Å². The zero-order valence-corrected chi connectivity index (χ0v) is 13.6. The highest BCUT2D eigenvalue weighted by Gasteiger charge is 2.29. The second-order valence-corrected chi connectivity index (χ2v) is 6.71. The summed E-state index contributed by atoms with van der Waals surface area (Å²) in [5, 5.41) is 3.66. The van der Waals surface area contributed by atoms with Crippen LogP contribution in [0.15, 0.2) is 18.2 Å². The van der Waals surface area contributed by atoms with Gasteiger partial charge in [-0.3, -0.25) is 4.90 Å². The molecule has 1 N–H and O–H groups in total. The number of hydrogen-bond acceptors (Lipinski definition) is 3. The van der Waals surface area contributed by atoms with Gasteiger partial charge in [0.25, 0.3) is 0 Å². The number of benzene rings is 1. The summed E-state index contributed by atoms with van der Waals surface area (Å²) < 4.78 is 6.16. The lowest BCUT2D eigenvalue weighted by molar-refractivity contribution is 0.119. The molecule has 21 heavy (non-hydrogen) atoms. The molecule has 0 aliphatic carbocycles. The summed E-state index contributed by atoms with van der Waals surface area (Å²) in [7, 11) is 0. The Morgan fingerprint density at radius 3 is 3.05 bits per heavy atom. The smallest absolute Gasteiger partial charge is 0.123 e. The molecule has 1 aromatic rings. The lowest BCUT2D eigenvalue weighted by Gasteiger charge is -2.30. The number of hydrogen-bond donors (Lipinski definition) is 1. The van der Waals surface area contributed by atoms with Crippen LogP contribution in [0.3, 0.4) is 0 Å². The molecule has 0 saturated carbocycles. The van der Waals surface area contributed by atoms with Crippen LogP contribution in [-0.4, -0.2) is 42.7 Å². The maximum atomic E-state index is 6.16. The number of aryl methyl sites for hydroxylation is 1. The Labute approximate surface area is 128 Å². The van der Waals surface area contributed by atoms with Gasteiger partial charge in [0.1, 0.15) is 11.9 Å². The van der Waals surface area contributed by atoms with Crippen LogP contribution < -0.4 is 10.1 Å². The molecule has 0 spiro atoms. The molecule has 1 aromatic carbocycles. The topological polar surface area (TPSA) is 24.5 Å². The van der Waals surface area contributed by atoms with E-state index in [1.807, 2.05) is 0 Å². The summed E-state index contributed by atoms with van der Waals surface area (Å²) in [4.78, 5) is 2.62. The molecule has 0 radical (unpaired) electrons. The van der Waals surface area contributed by atoms with E-state index in [0.717, 1.165) is 31.8 Å². The number of ether oxygens (including phenoxy) is 1. The summed E-state index contributed by atoms with van der Waals surface area (Å²) in [5.41, 5.74) is 2.71. The van der Waals surface area contributed by atoms with Gasteiger partial charge in [0.2, 0.25) is 0 Å². The van der Waals surface area contributed by atoms with E-state index < -0.39 is 0 Å². The lowest BCUT2D eigenvalue weighted by Crippen LogP contribution is -2.44. The molecule has 0 aromatic heterocycles. The van der Waals surface area contributed by atoms with Crippen molar-refractivity contribution >= 4 is 0 Å². The zero-order valence-electron chi connectivity index (χ0n) is 13.6. The summed E-state index contributed by atoms with van der Waals surface area (Å²) in [6.07, 6.45) is 3.81. The van der Waals surface area contributed by atoms with Gasteiger partial charge in [0.15, 0.2) is 0 Å². The molecule has 1 fully saturated rings. The van der Waals surface area contributed by atoms with E-state index in [0.29, 0.717) is 18.2 Å². The predicted octanol–water partition coefficient (Wildman–Crippen LogP) is 2.76. The molecule has 3 heteroatoms. The van der Waals surface area contributed by atoms with E-state index >= 15 is 0 Å². The molecular weight excluding hydrogens is 260 g/mol. The average molecular weight is 288 g/mol. The van der Waals surface area contributed by atoms with E-state index in [9.17, 15) is 0 Å². The van der Waals surface area contributed by atoms with E-state index in [1.54, 1.807) is 0 Å². The van der Waals surface area contributed by atoms with E-state index in [-0.39, 0.29) is 0 Å². The maximum absolute atomic E-state index is 6.16. The van der Waals surface area contributed by atoms with Crippen molar-refractivity contribution in [3.8, 4) is 5.75 Å². The first-order valence-electron chi connectivity index (χ1n) is 8.39. The van der Waals surface area contributed by atoms with Crippen molar-refractivity contribution in [2.45, 2.75) is 58.2 Å². The largest absolute Gasteiger partial charge is 0.488 e. The van der Waals surface area contributed by atoms with Crippen molar-refractivity contribution in [1.82, 2.24) is 10.2 Å². The molecule has 2 heterocycles. The summed E-state index contributed by atoms with van der Waals surface area (Å²) >= 11 is 0. The van der Waals surface area contributed by atoms with Crippen LogP contribution in [0.4, 0.5) is 0 Å².